The van der Waals surface area contributed by atoms with Crippen molar-refractivity contribution in [3.05, 3.63) is 58.7 Å². The van der Waals surface area contributed by atoms with Gasteiger partial charge in [-0.2, -0.15) is 9.61 Å². The number of hydrogen-bond acceptors (Lipinski definition) is 5. The molecule has 3 aromatic heterocycles. The van der Waals surface area contributed by atoms with Crippen LogP contribution in [0.15, 0.2) is 41.8 Å². The molecule has 0 atom stereocenters. The van der Waals surface area contributed by atoms with Gasteiger partial charge in [0.1, 0.15) is 0 Å². The molecule has 0 N–H and O–H groups in total. The quantitative estimate of drug-likeness (QED) is 0.577. The first-order valence-corrected chi connectivity index (χ1v) is 8.30. The molecule has 1 aromatic carbocycles. The van der Waals surface area contributed by atoms with Crippen LogP contribution in [0.1, 0.15) is 17.0 Å². The zero-order chi connectivity index (χ0) is 14.2. The maximum absolute atomic E-state index is 4.66. The summed E-state index contributed by atoms with van der Waals surface area (Å²) in [5.74, 6) is 0.887. The molecule has 0 amide bonds. The van der Waals surface area contributed by atoms with Gasteiger partial charge in [-0.25, -0.2) is 0 Å². The van der Waals surface area contributed by atoms with Gasteiger partial charge in [-0.15, -0.1) is 21.5 Å². The third-order valence-corrected chi connectivity index (χ3v) is 5.34. The van der Waals surface area contributed by atoms with E-state index in [1.807, 2.05) is 10.6 Å². The highest BCUT2D eigenvalue weighted by molar-refractivity contribution is 7.23. The minimum Gasteiger partial charge on any atom is -0.187 e. The molecule has 6 heteroatoms. The van der Waals surface area contributed by atoms with E-state index in [2.05, 4.69) is 57.9 Å². The van der Waals surface area contributed by atoms with Crippen LogP contribution in [0.5, 0.6) is 0 Å². The summed E-state index contributed by atoms with van der Waals surface area (Å²) < 4.78 is 1.87. The van der Waals surface area contributed by atoms with Gasteiger partial charge in [0.05, 0.1) is 4.88 Å². The fourth-order valence-electron chi connectivity index (χ4n) is 2.25. The van der Waals surface area contributed by atoms with E-state index in [-0.39, 0.29) is 0 Å². The molecule has 4 nitrogen and oxygen atoms in total. The van der Waals surface area contributed by atoms with Crippen LogP contribution in [0.2, 0.25) is 0 Å². The Morgan fingerprint density at radius 3 is 2.81 bits per heavy atom. The van der Waals surface area contributed by atoms with Crippen molar-refractivity contribution in [3.8, 4) is 9.88 Å². The molecule has 0 radical (unpaired) electrons. The minimum absolute atomic E-state index is 0.751. The molecule has 0 saturated carbocycles. The highest BCUT2D eigenvalue weighted by Gasteiger charge is 2.14. The molecule has 0 fully saturated rings. The van der Waals surface area contributed by atoms with Gasteiger partial charge in [-0.1, -0.05) is 41.7 Å². The summed E-state index contributed by atoms with van der Waals surface area (Å²) in [5, 5.41) is 16.3. The van der Waals surface area contributed by atoms with Crippen molar-refractivity contribution in [2.45, 2.75) is 13.3 Å². The Labute approximate surface area is 129 Å². The Balaban J connectivity index is 1.75. The Morgan fingerprint density at radius 2 is 2.00 bits per heavy atom. The lowest BCUT2D eigenvalue weighted by Gasteiger charge is -2.02. The summed E-state index contributed by atoms with van der Waals surface area (Å²) in [6.45, 7) is 2.12. The number of aryl methyl sites for hydroxylation is 1. The van der Waals surface area contributed by atoms with Crippen molar-refractivity contribution in [2.75, 3.05) is 0 Å². The van der Waals surface area contributed by atoms with E-state index in [1.165, 1.54) is 16.0 Å². The van der Waals surface area contributed by atoms with E-state index in [1.54, 1.807) is 22.7 Å². The number of nitrogens with zero attached hydrogens (tertiary/aromatic N) is 4. The normalized spacial score (nSPS) is 11.3. The van der Waals surface area contributed by atoms with Crippen LogP contribution in [-0.4, -0.2) is 19.8 Å². The van der Waals surface area contributed by atoms with Crippen LogP contribution in [0.25, 0.3) is 14.8 Å². The molecule has 0 spiro atoms. The van der Waals surface area contributed by atoms with Crippen LogP contribution in [0.4, 0.5) is 0 Å². The third kappa shape index (κ3) is 2.26. The van der Waals surface area contributed by atoms with Crippen molar-refractivity contribution in [1.82, 2.24) is 19.8 Å². The summed E-state index contributed by atoms with van der Waals surface area (Å²) in [4.78, 5) is 2.02. The van der Waals surface area contributed by atoms with Crippen molar-refractivity contribution in [2.24, 2.45) is 0 Å². The average molecular weight is 312 g/mol. The van der Waals surface area contributed by atoms with Gasteiger partial charge in [0, 0.05) is 6.42 Å². The number of hydrogen-bond donors (Lipinski definition) is 0. The van der Waals surface area contributed by atoms with Gasteiger partial charge in [0.2, 0.25) is 4.96 Å². The standard InChI is InChI=1S/C15H12N4S2/c1-10-5-2-3-6-11(10)9-13-16-17-15-19(13)18-14(21-15)12-7-4-8-20-12/h2-8H,9H2,1H3. The second kappa shape index (κ2) is 5.05. The molecular weight excluding hydrogens is 300 g/mol. The van der Waals surface area contributed by atoms with E-state index in [0.717, 1.165) is 22.2 Å². The number of aromatic nitrogens is 4. The summed E-state index contributed by atoms with van der Waals surface area (Å²) in [6.07, 6.45) is 0.751. The zero-order valence-corrected chi connectivity index (χ0v) is 13.0. The van der Waals surface area contributed by atoms with E-state index in [0.29, 0.717) is 0 Å². The molecule has 0 aliphatic heterocycles. The van der Waals surface area contributed by atoms with E-state index < -0.39 is 0 Å². The topological polar surface area (TPSA) is 43.1 Å². The molecule has 21 heavy (non-hydrogen) atoms. The summed E-state index contributed by atoms with van der Waals surface area (Å²) in [6, 6.07) is 12.5. The predicted octanol–water partition coefficient (Wildman–Crippen LogP) is 3.81. The average Bonchev–Trinajstić information content (AvgIpc) is 3.18. The SMILES string of the molecule is Cc1ccccc1Cc1nnc2sc(-c3cccs3)nn12. The van der Waals surface area contributed by atoms with Gasteiger partial charge in [-0.05, 0) is 29.5 Å². The lowest BCUT2D eigenvalue weighted by atomic mass is 10.1. The first-order chi connectivity index (χ1) is 10.3. The molecule has 0 unspecified atom stereocenters. The number of rotatable bonds is 3. The number of fused-ring (bicyclic) bond motifs is 1. The van der Waals surface area contributed by atoms with Crippen LogP contribution in [0.3, 0.4) is 0 Å². The lowest BCUT2D eigenvalue weighted by Crippen LogP contribution is -1.99. The zero-order valence-electron chi connectivity index (χ0n) is 11.4. The van der Waals surface area contributed by atoms with Gasteiger partial charge in [0.15, 0.2) is 10.8 Å². The lowest BCUT2D eigenvalue weighted by molar-refractivity contribution is 0.852. The maximum Gasteiger partial charge on any atom is 0.235 e. The summed E-state index contributed by atoms with van der Waals surface area (Å²) in [5.41, 5.74) is 2.53. The smallest absolute Gasteiger partial charge is 0.187 e. The fourth-order valence-corrected chi connectivity index (χ4v) is 3.90. The summed E-state index contributed by atoms with van der Waals surface area (Å²) in [7, 11) is 0. The highest BCUT2D eigenvalue weighted by atomic mass is 32.1. The summed E-state index contributed by atoms with van der Waals surface area (Å²) >= 11 is 3.27. The van der Waals surface area contributed by atoms with Crippen molar-refractivity contribution < 1.29 is 0 Å². The second-order valence-corrected chi connectivity index (χ2v) is 6.70. The largest absolute Gasteiger partial charge is 0.235 e. The Morgan fingerprint density at radius 1 is 1.10 bits per heavy atom. The van der Waals surface area contributed by atoms with Crippen LogP contribution < -0.4 is 0 Å². The third-order valence-electron chi connectivity index (χ3n) is 3.40. The Kier molecular flexibility index (Phi) is 3.05. The first-order valence-electron chi connectivity index (χ1n) is 6.61. The van der Waals surface area contributed by atoms with Gasteiger partial charge in [-0.3, -0.25) is 0 Å². The Hall–Kier alpha value is -2.05. The second-order valence-electron chi connectivity index (χ2n) is 4.80. The van der Waals surface area contributed by atoms with Gasteiger partial charge < -0.3 is 0 Å². The van der Waals surface area contributed by atoms with Crippen LogP contribution in [-0.2, 0) is 6.42 Å². The molecule has 0 aliphatic rings. The molecule has 104 valence electrons. The monoisotopic (exact) mass is 312 g/mol. The van der Waals surface area contributed by atoms with Crippen molar-refractivity contribution in [3.63, 3.8) is 0 Å². The molecule has 0 aliphatic carbocycles. The minimum atomic E-state index is 0.751. The maximum atomic E-state index is 4.66. The Bertz CT molecular complexity index is 890. The number of benzene rings is 1. The van der Waals surface area contributed by atoms with E-state index in [9.17, 15) is 0 Å². The van der Waals surface area contributed by atoms with Gasteiger partial charge >= 0.3 is 0 Å². The first kappa shape index (κ1) is 12.7. The fraction of sp³-hybridized carbons (Fsp3) is 0.133. The molecule has 3 heterocycles. The van der Waals surface area contributed by atoms with Crippen LogP contribution in [0, 0.1) is 6.92 Å². The van der Waals surface area contributed by atoms with E-state index in [4.69, 9.17) is 0 Å². The molecule has 0 saturated heterocycles. The predicted molar refractivity (Wildman–Crippen MR) is 86.0 cm³/mol. The van der Waals surface area contributed by atoms with Crippen molar-refractivity contribution >= 4 is 27.6 Å². The van der Waals surface area contributed by atoms with E-state index >= 15 is 0 Å². The number of thiophene rings is 1. The highest BCUT2D eigenvalue weighted by Crippen LogP contribution is 2.29. The molecular formula is C15H12N4S2. The van der Waals surface area contributed by atoms with Crippen molar-refractivity contribution in [1.29, 1.82) is 0 Å². The van der Waals surface area contributed by atoms with Gasteiger partial charge in [0.25, 0.3) is 0 Å². The molecule has 4 aromatic rings. The van der Waals surface area contributed by atoms with Crippen LogP contribution >= 0.6 is 22.7 Å². The molecule has 4 rings (SSSR count). The molecule has 0 bridgehead atoms.